The number of hydrogen-bond donors (Lipinski definition) is 1. The van der Waals surface area contributed by atoms with Gasteiger partial charge in [-0.15, -0.1) is 0 Å². The predicted molar refractivity (Wildman–Crippen MR) is 119 cm³/mol. The molecule has 1 aromatic heterocycles. The van der Waals surface area contributed by atoms with E-state index in [2.05, 4.69) is 9.72 Å². The highest BCUT2D eigenvalue weighted by Gasteiger charge is 2.36. The summed E-state index contributed by atoms with van der Waals surface area (Å²) in [4.78, 5) is 4.50. The minimum atomic E-state index is -3.40. The van der Waals surface area contributed by atoms with Gasteiger partial charge in [-0.1, -0.05) is 30.3 Å². The van der Waals surface area contributed by atoms with Gasteiger partial charge in [-0.25, -0.2) is 17.8 Å². The summed E-state index contributed by atoms with van der Waals surface area (Å²) >= 11 is 0. The first kappa shape index (κ1) is 22.4. The molecule has 10 heteroatoms. The largest absolute Gasteiger partial charge is 0.434 e. The van der Waals surface area contributed by atoms with E-state index < -0.39 is 34.4 Å². The standard InChI is InChI=1S/C24H19F3N2O4S/c1-34(31,32)14-8-6-13(7-9-14)16-10-20-18(11-17(16)25)28-23-21(30)12-19(29(20)23)15-4-2-3-5-22(15)33-24(26)27/h2-11,19,21,24,30H,12H2,1H3/t19-,21-/m1/s1. The molecule has 0 aliphatic carbocycles. The molecule has 3 aromatic carbocycles. The summed E-state index contributed by atoms with van der Waals surface area (Å²) < 4.78 is 70.8. The fourth-order valence-corrected chi connectivity index (χ4v) is 5.08. The Morgan fingerprint density at radius 2 is 1.82 bits per heavy atom. The summed E-state index contributed by atoms with van der Waals surface area (Å²) in [5.74, 6) is -0.275. The van der Waals surface area contributed by atoms with Gasteiger partial charge in [-0.2, -0.15) is 8.78 Å². The molecule has 4 aromatic rings. The van der Waals surface area contributed by atoms with Crippen LogP contribution in [0.15, 0.2) is 65.6 Å². The molecule has 0 saturated carbocycles. The number of halogens is 3. The van der Waals surface area contributed by atoms with Crippen LogP contribution in [0.5, 0.6) is 5.75 Å². The number of aromatic nitrogens is 2. The van der Waals surface area contributed by atoms with Gasteiger partial charge in [-0.3, -0.25) is 0 Å². The molecule has 2 heterocycles. The average Bonchev–Trinajstić information content (AvgIpc) is 3.29. The lowest BCUT2D eigenvalue weighted by atomic mass is 10.0. The Bertz CT molecular complexity index is 1500. The van der Waals surface area contributed by atoms with Crippen molar-refractivity contribution in [2.24, 2.45) is 0 Å². The van der Waals surface area contributed by atoms with Gasteiger partial charge in [0.1, 0.15) is 23.5 Å². The summed E-state index contributed by atoms with van der Waals surface area (Å²) in [6, 6.07) is 14.4. The summed E-state index contributed by atoms with van der Waals surface area (Å²) in [6.07, 6.45) is 0.306. The van der Waals surface area contributed by atoms with Crippen LogP contribution in [0.3, 0.4) is 0 Å². The van der Waals surface area contributed by atoms with Crippen molar-refractivity contribution in [2.45, 2.75) is 30.1 Å². The second-order valence-corrected chi connectivity index (χ2v) is 10.2. The minimum Gasteiger partial charge on any atom is -0.434 e. The van der Waals surface area contributed by atoms with E-state index in [9.17, 15) is 26.7 Å². The van der Waals surface area contributed by atoms with E-state index >= 15 is 0 Å². The first-order chi connectivity index (χ1) is 16.1. The second-order valence-electron chi connectivity index (χ2n) is 8.14. The van der Waals surface area contributed by atoms with Crippen LogP contribution in [0.25, 0.3) is 22.2 Å². The topological polar surface area (TPSA) is 81.4 Å². The molecule has 6 nitrogen and oxygen atoms in total. The Kier molecular flexibility index (Phi) is 5.37. The molecule has 0 unspecified atom stereocenters. The number of hydrogen-bond acceptors (Lipinski definition) is 5. The Hall–Kier alpha value is -3.37. The zero-order chi connectivity index (χ0) is 24.2. The quantitative estimate of drug-likeness (QED) is 0.433. The van der Waals surface area contributed by atoms with Crippen LogP contribution in [-0.2, 0) is 9.84 Å². The fourth-order valence-electron chi connectivity index (χ4n) is 4.45. The Labute approximate surface area is 193 Å². The molecule has 0 bridgehead atoms. The van der Waals surface area contributed by atoms with Gasteiger partial charge in [0.25, 0.3) is 0 Å². The summed E-state index contributed by atoms with van der Waals surface area (Å²) in [5, 5.41) is 10.6. The van der Waals surface area contributed by atoms with E-state index in [1.54, 1.807) is 28.8 Å². The fraction of sp³-hybridized carbons (Fsp3) is 0.208. The van der Waals surface area contributed by atoms with Crippen LogP contribution in [0.1, 0.15) is 30.0 Å². The lowest BCUT2D eigenvalue weighted by Crippen LogP contribution is -2.10. The molecular formula is C24H19F3N2O4S. The zero-order valence-corrected chi connectivity index (χ0v) is 18.6. The normalized spacial score (nSPS) is 17.9. The highest BCUT2D eigenvalue weighted by Crippen LogP contribution is 2.44. The number of alkyl halides is 2. The van der Waals surface area contributed by atoms with Crippen molar-refractivity contribution < 1.29 is 31.4 Å². The minimum absolute atomic E-state index is 0.0110. The van der Waals surface area contributed by atoms with Gasteiger partial charge >= 0.3 is 6.61 Å². The van der Waals surface area contributed by atoms with Gasteiger partial charge in [0, 0.05) is 29.9 Å². The van der Waals surface area contributed by atoms with Crippen LogP contribution in [0.2, 0.25) is 0 Å². The number of imidazole rings is 1. The number of para-hydroxylation sites is 1. The molecule has 1 aliphatic rings. The van der Waals surface area contributed by atoms with Gasteiger partial charge in [0.2, 0.25) is 0 Å². The van der Waals surface area contributed by atoms with Gasteiger partial charge in [0.05, 0.1) is 22.0 Å². The number of sulfone groups is 1. The smallest absolute Gasteiger partial charge is 0.387 e. The molecule has 5 rings (SSSR count). The van der Waals surface area contributed by atoms with Crippen molar-refractivity contribution in [1.29, 1.82) is 0 Å². The molecule has 0 saturated heterocycles. The number of aliphatic hydroxyl groups excluding tert-OH is 1. The van der Waals surface area contributed by atoms with Crippen molar-refractivity contribution in [2.75, 3.05) is 6.26 Å². The average molecular weight is 488 g/mol. The molecule has 0 spiro atoms. The van der Waals surface area contributed by atoms with Crippen LogP contribution in [0.4, 0.5) is 13.2 Å². The van der Waals surface area contributed by atoms with Crippen molar-refractivity contribution in [3.05, 3.63) is 77.9 Å². The van der Waals surface area contributed by atoms with Gasteiger partial charge in [0.15, 0.2) is 9.84 Å². The molecule has 34 heavy (non-hydrogen) atoms. The molecule has 0 amide bonds. The summed E-state index contributed by atoms with van der Waals surface area (Å²) in [6.45, 7) is -3.01. The monoisotopic (exact) mass is 488 g/mol. The van der Waals surface area contributed by atoms with Crippen molar-refractivity contribution in [3.8, 4) is 16.9 Å². The van der Waals surface area contributed by atoms with E-state index in [-0.39, 0.29) is 22.6 Å². The van der Waals surface area contributed by atoms with E-state index in [1.807, 2.05) is 0 Å². The van der Waals surface area contributed by atoms with Crippen LogP contribution in [-0.4, -0.2) is 35.9 Å². The van der Waals surface area contributed by atoms with Crippen LogP contribution >= 0.6 is 0 Å². The Morgan fingerprint density at radius 1 is 1.12 bits per heavy atom. The van der Waals surface area contributed by atoms with E-state index in [4.69, 9.17) is 0 Å². The van der Waals surface area contributed by atoms with Gasteiger partial charge < -0.3 is 14.4 Å². The Morgan fingerprint density at radius 3 is 2.50 bits per heavy atom. The van der Waals surface area contributed by atoms with Crippen molar-refractivity contribution >= 4 is 20.9 Å². The summed E-state index contributed by atoms with van der Waals surface area (Å²) in [7, 11) is -3.40. The van der Waals surface area contributed by atoms with Gasteiger partial charge in [-0.05, 0) is 29.8 Å². The van der Waals surface area contributed by atoms with Crippen LogP contribution in [0, 0.1) is 5.82 Å². The lowest BCUT2D eigenvalue weighted by Gasteiger charge is -2.19. The van der Waals surface area contributed by atoms with E-state index in [1.165, 1.54) is 36.4 Å². The third-order valence-electron chi connectivity index (χ3n) is 5.95. The number of aliphatic hydroxyl groups is 1. The third-order valence-corrected chi connectivity index (χ3v) is 7.08. The number of fused-ring (bicyclic) bond motifs is 3. The van der Waals surface area contributed by atoms with E-state index in [0.717, 1.165) is 6.26 Å². The number of rotatable bonds is 5. The maximum atomic E-state index is 15.0. The number of benzene rings is 3. The summed E-state index contributed by atoms with van der Waals surface area (Å²) in [5.41, 5.74) is 1.93. The number of nitrogens with zero attached hydrogens (tertiary/aromatic N) is 2. The molecule has 2 atom stereocenters. The highest BCUT2D eigenvalue weighted by molar-refractivity contribution is 7.90. The molecule has 1 aliphatic heterocycles. The first-order valence-electron chi connectivity index (χ1n) is 10.4. The first-order valence-corrected chi connectivity index (χ1v) is 12.3. The maximum absolute atomic E-state index is 15.0. The lowest BCUT2D eigenvalue weighted by molar-refractivity contribution is -0.0507. The molecule has 0 fully saturated rings. The SMILES string of the molecule is CS(=O)(=O)c1ccc(-c2cc3c(cc2F)nc2n3[C@@H](c3ccccc3OC(F)F)C[C@H]2O)cc1. The molecular weight excluding hydrogens is 469 g/mol. The van der Waals surface area contributed by atoms with Crippen molar-refractivity contribution in [1.82, 2.24) is 9.55 Å². The van der Waals surface area contributed by atoms with E-state index in [0.29, 0.717) is 28.0 Å². The zero-order valence-electron chi connectivity index (χ0n) is 17.8. The number of ether oxygens (including phenoxy) is 1. The molecule has 176 valence electrons. The maximum Gasteiger partial charge on any atom is 0.387 e. The molecule has 0 radical (unpaired) electrons. The Balaban J connectivity index is 1.65. The van der Waals surface area contributed by atoms with Crippen molar-refractivity contribution in [3.63, 3.8) is 0 Å². The predicted octanol–water partition coefficient (Wildman–Crippen LogP) is 4.87. The third kappa shape index (κ3) is 3.82. The van der Waals surface area contributed by atoms with Crippen LogP contribution < -0.4 is 4.74 Å². The highest BCUT2D eigenvalue weighted by atomic mass is 32.2. The second kappa shape index (κ2) is 8.14. The molecule has 1 N–H and O–H groups in total.